The standard InChI is InChI=1S/C25H26N4O5.BrH/c30-23(28-21-12-26-17-27-13-21)15-29-9-6-18(7-10-29)22(14-29)34-24(31)25(32,20-8-11-33-16-20)19-4-2-1-3-5-19;/h1-5,8,11-13,16-18,22,32H,6-7,9-10,14-15H2;1H/t18?,22?,25-,29?;/m1./s1. The van der Waals surface area contributed by atoms with Gasteiger partial charge >= 0.3 is 5.97 Å². The molecule has 3 aromatic rings. The first kappa shape index (κ1) is 25.0. The van der Waals surface area contributed by atoms with Crippen molar-refractivity contribution in [2.75, 3.05) is 31.5 Å². The van der Waals surface area contributed by atoms with Crippen LogP contribution in [0.1, 0.15) is 24.0 Å². The molecule has 3 saturated heterocycles. The molecular formula is C25H27BrN4O5. The summed E-state index contributed by atoms with van der Waals surface area (Å²) in [7, 11) is 0. The van der Waals surface area contributed by atoms with Crippen molar-refractivity contribution in [1.29, 1.82) is 0 Å². The summed E-state index contributed by atoms with van der Waals surface area (Å²) in [4.78, 5) is 34.1. The summed E-state index contributed by atoms with van der Waals surface area (Å²) >= 11 is 0. The van der Waals surface area contributed by atoms with Crippen molar-refractivity contribution in [3.8, 4) is 0 Å². The molecule has 0 aliphatic carbocycles. The van der Waals surface area contributed by atoms with Gasteiger partial charge in [0, 0.05) is 24.3 Å². The van der Waals surface area contributed by atoms with Gasteiger partial charge in [0.25, 0.3) is 5.91 Å². The maximum Gasteiger partial charge on any atom is 0.348 e. The van der Waals surface area contributed by atoms with Gasteiger partial charge in [0.2, 0.25) is 5.60 Å². The molecule has 3 fully saturated rings. The lowest BCUT2D eigenvalue weighted by molar-refractivity contribution is -0.939. The maximum absolute atomic E-state index is 13.5. The Morgan fingerprint density at radius 3 is 2.49 bits per heavy atom. The number of benzene rings is 1. The molecule has 0 radical (unpaired) electrons. The van der Waals surface area contributed by atoms with Crippen LogP contribution in [0.25, 0.3) is 0 Å². The fraction of sp³-hybridized carbons (Fsp3) is 0.360. The van der Waals surface area contributed by atoms with Gasteiger partial charge in [-0.1, -0.05) is 30.3 Å². The van der Waals surface area contributed by atoms with E-state index in [-0.39, 0.29) is 41.5 Å². The molecule has 2 atom stereocenters. The molecule has 6 rings (SSSR count). The molecule has 5 heterocycles. The number of carbonyl (C=O) groups is 2. The van der Waals surface area contributed by atoms with Crippen molar-refractivity contribution < 1.29 is 45.3 Å². The Balaban J connectivity index is 0.00000289. The molecule has 3 aliphatic heterocycles. The molecule has 0 spiro atoms. The minimum Gasteiger partial charge on any atom is -1.00 e. The first-order valence-corrected chi connectivity index (χ1v) is 11.4. The van der Waals surface area contributed by atoms with E-state index in [9.17, 15) is 14.7 Å². The highest BCUT2D eigenvalue weighted by atomic mass is 79.9. The SMILES string of the molecule is O=C(C[N+]12CCC(CC1)C(OC(=O)[C@@](O)(c1ccccc1)c1ccoc1)C2)Nc1cncnc1.[Br-]. The van der Waals surface area contributed by atoms with Gasteiger partial charge in [-0.3, -0.25) is 4.79 Å². The molecule has 0 saturated carbocycles. The number of rotatable bonds is 7. The van der Waals surface area contributed by atoms with Crippen LogP contribution in [-0.2, 0) is 19.9 Å². The number of anilines is 1. The van der Waals surface area contributed by atoms with E-state index in [1.807, 2.05) is 6.07 Å². The molecule has 1 aromatic carbocycles. The predicted octanol–water partition coefficient (Wildman–Crippen LogP) is -0.900. The number of hydrogen-bond donors (Lipinski definition) is 2. The molecule has 2 bridgehead atoms. The first-order chi connectivity index (χ1) is 16.5. The van der Waals surface area contributed by atoms with Crippen molar-refractivity contribution in [2.24, 2.45) is 5.92 Å². The Morgan fingerprint density at radius 2 is 1.83 bits per heavy atom. The zero-order valence-electron chi connectivity index (χ0n) is 19.0. The van der Waals surface area contributed by atoms with Crippen LogP contribution in [0.5, 0.6) is 0 Å². The largest absolute Gasteiger partial charge is 1.00 e. The number of fused-ring (bicyclic) bond motifs is 3. The smallest absolute Gasteiger partial charge is 0.348 e. The van der Waals surface area contributed by atoms with Crippen LogP contribution in [0.15, 0.2) is 72.1 Å². The molecule has 1 amide bonds. The van der Waals surface area contributed by atoms with Gasteiger partial charge in [-0.15, -0.1) is 0 Å². The number of carbonyl (C=O) groups excluding carboxylic acids is 2. The van der Waals surface area contributed by atoms with Crippen LogP contribution in [-0.4, -0.2) is 63.7 Å². The Labute approximate surface area is 213 Å². The first-order valence-electron chi connectivity index (χ1n) is 11.4. The van der Waals surface area contributed by atoms with Crippen molar-refractivity contribution in [2.45, 2.75) is 24.5 Å². The van der Waals surface area contributed by atoms with Gasteiger partial charge in [0.1, 0.15) is 12.9 Å². The molecule has 2 N–H and O–H groups in total. The number of furan rings is 1. The Bertz CT molecular complexity index is 1140. The molecule has 2 aromatic heterocycles. The number of piperidine rings is 3. The number of halogens is 1. The Hall–Kier alpha value is -3.08. The van der Waals surface area contributed by atoms with Crippen LogP contribution in [0.4, 0.5) is 5.69 Å². The van der Waals surface area contributed by atoms with Crippen molar-refractivity contribution in [3.05, 3.63) is 78.8 Å². The van der Waals surface area contributed by atoms with Gasteiger partial charge in [-0.2, -0.15) is 0 Å². The topological polar surface area (TPSA) is 115 Å². The molecule has 9 nitrogen and oxygen atoms in total. The molecular weight excluding hydrogens is 516 g/mol. The quantitative estimate of drug-likeness (QED) is 0.293. The van der Waals surface area contributed by atoms with E-state index in [1.165, 1.54) is 18.9 Å². The van der Waals surface area contributed by atoms with Gasteiger partial charge in [-0.25, -0.2) is 14.8 Å². The van der Waals surface area contributed by atoms with E-state index in [2.05, 4.69) is 15.3 Å². The van der Waals surface area contributed by atoms with Gasteiger partial charge < -0.3 is 41.0 Å². The van der Waals surface area contributed by atoms with Gasteiger partial charge in [0.05, 0.1) is 43.7 Å². The lowest BCUT2D eigenvalue weighted by Gasteiger charge is -2.51. The van der Waals surface area contributed by atoms with Crippen molar-refractivity contribution >= 4 is 17.6 Å². The zero-order valence-corrected chi connectivity index (χ0v) is 20.6. The average molecular weight is 543 g/mol. The van der Waals surface area contributed by atoms with E-state index >= 15 is 0 Å². The summed E-state index contributed by atoms with van der Waals surface area (Å²) in [5, 5.41) is 14.4. The highest BCUT2D eigenvalue weighted by Crippen LogP contribution is 2.38. The summed E-state index contributed by atoms with van der Waals surface area (Å²) < 4.78 is 11.7. The number of nitrogens with zero attached hydrogens (tertiary/aromatic N) is 3. The number of aromatic nitrogens is 2. The molecule has 10 heteroatoms. The highest BCUT2D eigenvalue weighted by molar-refractivity contribution is 5.91. The highest BCUT2D eigenvalue weighted by Gasteiger charge is 2.51. The lowest BCUT2D eigenvalue weighted by Crippen LogP contribution is -3.00. The minimum absolute atomic E-state index is 0. The summed E-state index contributed by atoms with van der Waals surface area (Å²) in [5.41, 5.74) is -0.696. The second-order valence-electron chi connectivity index (χ2n) is 9.17. The van der Waals surface area contributed by atoms with Crippen LogP contribution in [0.3, 0.4) is 0 Å². The van der Waals surface area contributed by atoms with Crippen LogP contribution >= 0.6 is 0 Å². The second kappa shape index (κ2) is 10.3. The number of amides is 1. The third-order valence-electron chi connectivity index (χ3n) is 7.05. The normalized spacial score (nSPS) is 24.6. The zero-order chi connectivity index (χ0) is 23.6. The number of esters is 1. The number of nitrogens with one attached hydrogen (secondary N) is 1. The van der Waals surface area contributed by atoms with Crippen molar-refractivity contribution in [3.63, 3.8) is 0 Å². The Kier molecular flexibility index (Phi) is 7.34. The lowest BCUT2D eigenvalue weighted by atomic mass is 9.82. The monoisotopic (exact) mass is 542 g/mol. The number of quaternary nitrogens is 1. The van der Waals surface area contributed by atoms with Gasteiger partial charge in [0.15, 0.2) is 12.6 Å². The summed E-state index contributed by atoms with van der Waals surface area (Å²) in [6.45, 7) is 2.51. The van der Waals surface area contributed by atoms with Gasteiger partial charge in [-0.05, 0) is 11.6 Å². The number of hydrogen-bond acceptors (Lipinski definition) is 7. The van der Waals surface area contributed by atoms with E-state index < -0.39 is 11.6 Å². The third-order valence-corrected chi connectivity index (χ3v) is 7.05. The number of ether oxygens (including phenoxy) is 1. The maximum atomic E-state index is 13.5. The third kappa shape index (κ3) is 5.00. The van der Waals surface area contributed by atoms with E-state index in [4.69, 9.17) is 9.15 Å². The van der Waals surface area contributed by atoms with Crippen LogP contribution in [0.2, 0.25) is 0 Å². The Morgan fingerprint density at radius 1 is 1.11 bits per heavy atom. The minimum atomic E-state index is -1.98. The second-order valence-corrected chi connectivity index (χ2v) is 9.17. The summed E-state index contributed by atoms with van der Waals surface area (Å²) in [6, 6.07) is 10.3. The molecule has 184 valence electrons. The fourth-order valence-electron chi connectivity index (χ4n) is 5.22. The fourth-order valence-corrected chi connectivity index (χ4v) is 5.22. The average Bonchev–Trinajstić information content (AvgIpc) is 3.40. The molecule has 1 unspecified atom stereocenters. The summed E-state index contributed by atoms with van der Waals surface area (Å²) in [5.74, 6) is -0.652. The van der Waals surface area contributed by atoms with E-state index in [1.54, 1.807) is 42.7 Å². The number of aliphatic hydroxyl groups is 1. The van der Waals surface area contributed by atoms with E-state index in [0.29, 0.717) is 27.8 Å². The molecule has 35 heavy (non-hydrogen) atoms. The van der Waals surface area contributed by atoms with Crippen LogP contribution < -0.4 is 22.3 Å². The molecule has 3 aliphatic rings. The van der Waals surface area contributed by atoms with E-state index in [0.717, 1.165) is 25.9 Å². The van der Waals surface area contributed by atoms with Crippen molar-refractivity contribution in [1.82, 2.24) is 9.97 Å². The predicted molar refractivity (Wildman–Crippen MR) is 121 cm³/mol. The van der Waals surface area contributed by atoms with Crippen LogP contribution in [0, 0.1) is 5.92 Å². The summed E-state index contributed by atoms with van der Waals surface area (Å²) in [6.07, 6.45) is 8.62.